The molecule has 1 nitrogen and oxygen atoms in total. The quantitative estimate of drug-likeness (QED) is 0.502. The van der Waals surface area contributed by atoms with Crippen molar-refractivity contribution in [2.45, 2.75) is 31.2 Å². The van der Waals surface area contributed by atoms with Crippen molar-refractivity contribution in [1.29, 1.82) is 0 Å². The van der Waals surface area contributed by atoms with Gasteiger partial charge >= 0.3 is 6.18 Å². The molecule has 5 heteroatoms. The highest BCUT2D eigenvalue weighted by Crippen LogP contribution is 2.36. The molecule has 0 spiro atoms. The van der Waals surface area contributed by atoms with Gasteiger partial charge in [-0.25, -0.2) is 0 Å². The maximum Gasteiger partial charge on any atom is 0.416 e. The lowest BCUT2D eigenvalue weighted by Crippen LogP contribution is -2.42. The fraction of sp³-hybridized carbons (Fsp3) is 0.227. The van der Waals surface area contributed by atoms with Gasteiger partial charge < -0.3 is 0 Å². The highest BCUT2D eigenvalue weighted by Gasteiger charge is 2.33. The van der Waals surface area contributed by atoms with Crippen LogP contribution in [-0.2, 0) is 6.18 Å². The van der Waals surface area contributed by atoms with E-state index in [2.05, 4.69) is 30.2 Å². The van der Waals surface area contributed by atoms with E-state index in [9.17, 15) is 13.2 Å². The van der Waals surface area contributed by atoms with Crippen molar-refractivity contribution >= 4 is 13.3 Å². The van der Waals surface area contributed by atoms with Crippen LogP contribution < -0.4 is 5.19 Å². The number of pyridine rings is 1. The average Bonchev–Trinajstić information content (AvgIpc) is 2.67. The Bertz CT molecular complexity index is 877. The van der Waals surface area contributed by atoms with Crippen LogP contribution in [0.15, 0.2) is 79.1 Å². The lowest BCUT2D eigenvalue weighted by atomic mass is 9.92. The van der Waals surface area contributed by atoms with E-state index >= 15 is 0 Å². The van der Waals surface area contributed by atoms with Crippen LogP contribution in [0.2, 0.25) is 19.1 Å². The Morgan fingerprint density at radius 2 is 1.52 bits per heavy atom. The Morgan fingerprint density at radius 1 is 0.852 bits per heavy atom. The molecule has 0 aliphatic carbocycles. The van der Waals surface area contributed by atoms with E-state index in [1.54, 1.807) is 18.5 Å². The fourth-order valence-corrected chi connectivity index (χ4v) is 6.30. The SMILES string of the molecule is C[Si](C)(CC(c1ccncc1)c1cccc(C(F)(F)F)c1)c1ccccc1. The number of benzene rings is 2. The normalized spacial score (nSPS) is 13.4. The van der Waals surface area contributed by atoms with Crippen LogP contribution in [0.5, 0.6) is 0 Å². The zero-order chi connectivity index (χ0) is 19.5. The minimum absolute atomic E-state index is 0.0998. The van der Waals surface area contributed by atoms with Crippen molar-refractivity contribution in [1.82, 2.24) is 4.98 Å². The number of hydrogen-bond donors (Lipinski definition) is 0. The van der Waals surface area contributed by atoms with Crippen LogP contribution in [0.3, 0.4) is 0 Å². The van der Waals surface area contributed by atoms with E-state index in [0.29, 0.717) is 5.56 Å². The highest BCUT2D eigenvalue weighted by atomic mass is 28.3. The summed E-state index contributed by atoms with van der Waals surface area (Å²) in [5.41, 5.74) is 1.10. The third-order valence-corrected chi connectivity index (χ3v) is 8.32. The number of aromatic nitrogens is 1. The molecule has 27 heavy (non-hydrogen) atoms. The van der Waals surface area contributed by atoms with Gasteiger partial charge in [-0.15, -0.1) is 0 Å². The van der Waals surface area contributed by atoms with Gasteiger partial charge in [0, 0.05) is 18.3 Å². The molecule has 0 fully saturated rings. The molecule has 0 N–H and O–H groups in total. The van der Waals surface area contributed by atoms with Gasteiger partial charge in [0.1, 0.15) is 0 Å². The predicted molar refractivity (Wildman–Crippen MR) is 106 cm³/mol. The summed E-state index contributed by atoms with van der Waals surface area (Å²) in [5, 5.41) is 1.30. The first-order valence-electron chi connectivity index (χ1n) is 8.90. The molecule has 2 aromatic carbocycles. The van der Waals surface area contributed by atoms with E-state index < -0.39 is 19.8 Å². The molecule has 1 unspecified atom stereocenters. The number of nitrogens with zero attached hydrogens (tertiary/aromatic N) is 1. The van der Waals surface area contributed by atoms with Crippen LogP contribution in [-0.4, -0.2) is 13.1 Å². The minimum Gasteiger partial charge on any atom is -0.265 e. The largest absolute Gasteiger partial charge is 0.416 e. The molecule has 3 rings (SSSR count). The molecule has 0 aliphatic heterocycles. The molecule has 1 heterocycles. The average molecular weight is 386 g/mol. The molecular formula is C22H22F3NSi. The second-order valence-corrected chi connectivity index (χ2v) is 12.2. The second kappa shape index (κ2) is 7.68. The fourth-order valence-electron chi connectivity index (χ4n) is 3.47. The van der Waals surface area contributed by atoms with Gasteiger partial charge in [-0.2, -0.15) is 13.2 Å². The van der Waals surface area contributed by atoms with Crippen LogP contribution in [0.4, 0.5) is 13.2 Å². The topological polar surface area (TPSA) is 12.9 Å². The van der Waals surface area contributed by atoms with E-state index in [-0.39, 0.29) is 5.92 Å². The second-order valence-electron chi connectivity index (χ2n) is 7.41. The first-order valence-corrected chi connectivity index (χ1v) is 12.1. The van der Waals surface area contributed by atoms with E-state index in [4.69, 9.17) is 0 Å². The van der Waals surface area contributed by atoms with Crippen molar-refractivity contribution in [2.24, 2.45) is 0 Å². The van der Waals surface area contributed by atoms with Crippen LogP contribution in [0, 0.1) is 0 Å². The van der Waals surface area contributed by atoms with Crippen molar-refractivity contribution in [3.8, 4) is 0 Å². The molecule has 0 aliphatic rings. The van der Waals surface area contributed by atoms with Crippen LogP contribution >= 0.6 is 0 Å². The molecule has 140 valence electrons. The highest BCUT2D eigenvalue weighted by molar-refractivity contribution is 6.89. The summed E-state index contributed by atoms with van der Waals surface area (Å²) < 4.78 is 39.7. The van der Waals surface area contributed by atoms with Gasteiger partial charge in [0.2, 0.25) is 0 Å². The summed E-state index contributed by atoms with van der Waals surface area (Å²) in [6.07, 6.45) is -0.939. The van der Waals surface area contributed by atoms with Gasteiger partial charge in [-0.3, -0.25) is 4.98 Å². The van der Waals surface area contributed by atoms with E-state index in [0.717, 1.165) is 17.7 Å². The summed E-state index contributed by atoms with van der Waals surface area (Å²) in [5.74, 6) is -0.0998. The Hall–Kier alpha value is -2.40. The molecule has 1 atom stereocenters. The third kappa shape index (κ3) is 4.66. The standard InChI is InChI=1S/C22H22F3NSi/c1-27(2,20-9-4-3-5-10-20)16-21(17-11-13-26-14-12-17)18-7-6-8-19(15-18)22(23,24)25/h3-15,21H,16H2,1-2H3. The molecule has 0 bridgehead atoms. The maximum atomic E-state index is 13.2. The minimum atomic E-state index is -4.34. The lowest BCUT2D eigenvalue weighted by Gasteiger charge is -2.29. The molecule has 0 radical (unpaired) electrons. The molecule has 3 aromatic rings. The molecular weight excluding hydrogens is 363 g/mol. The van der Waals surface area contributed by atoms with Crippen molar-refractivity contribution in [3.63, 3.8) is 0 Å². The smallest absolute Gasteiger partial charge is 0.265 e. The molecule has 0 amide bonds. The van der Waals surface area contributed by atoms with E-state index in [1.165, 1.54) is 17.3 Å². The summed E-state index contributed by atoms with van der Waals surface area (Å²) in [4.78, 5) is 4.06. The summed E-state index contributed by atoms with van der Waals surface area (Å²) >= 11 is 0. The number of rotatable bonds is 5. The van der Waals surface area contributed by atoms with Crippen LogP contribution in [0.1, 0.15) is 22.6 Å². The maximum absolute atomic E-state index is 13.2. The summed E-state index contributed by atoms with van der Waals surface area (Å²) in [7, 11) is -1.87. The van der Waals surface area contributed by atoms with Gasteiger partial charge in [0.25, 0.3) is 0 Å². The van der Waals surface area contributed by atoms with E-state index in [1.807, 2.05) is 30.3 Å². The monoisotopic (exact) mass is 385 g/mol. The van der Waals surface area contributed by atoms with Crippen molar-refractivity contribution in [2.75, 3.05) is 0 Å². The van der Waals surface area contributed by atoms with Gasteiger partial charge in [-0.1, -0.05) is 66.8 Å². The number of halogens is 3. The summed E-state index contributed by atoms with van der Waals surface area (Å²) in [6, 6.07) is 20.6. The van der Waals surface area contributed by atoms with Crippen molar-refractivity contribution in [3.05, 3.63) is 95.8 Å². The van der Waals surface area contributed by atoms with Gasteiger partial charge in [0.15, 0.2) is 0 Å². The van der Waals surface area contributed by atoms with Gasteiger partial charge in [0.05, 0.1) is 13.6 Å². The first kappa shape index (κ1) is 19.4. The number of alkyl halides is 3. The first-order chi connectivity index (χ1) is 12.8. The van der Waals surface area contributed by atoms with Gasteiger partial charge in [-0.05, 0) is 35.4 Å². The summed E-state index contributed by atoms with van der Waals surface area (Å²) in [6.45, 7) is 4.54. The lowest BCUT2D eigenvalue weighted by molar-refractivity contribution is -0.137. The number of hydrogen-bond acceptors (Lipinski definition) is 1. The molecule has 1 aromatic heterocycles. The molecule has 0 saturated heterocycles. The predicted octanol–water partition coefficient (Wildman–Crippen LogP) is 5.85. The Labute approximate surface area is 158 Å². The third-order valence-electron chi connectivity index (χ3n) is 4.99. The Morgan fingerprint density at radius 3 is 2.15 bits per heavy atom. The Balaban J connectivity index is 2.03. The zero-order valence-corrected chi connectivity index (χ0v) is 16.4. The molecule has 0 saturated carbocycles. The zero-order valence-electron chi connectivity index (χ0n) is 15.4. The van der Waals surface area contributed by atoms with Crippen molar-refractivity contribution < 1.29 is 13.2 Å². The van der Waals surface area contributed by atoms with Crippen LogP contribution in [0.25, 0.3) is 0 Å². The Kier molecular flexibility index (Phi) is 5.51.